The molecule has 0 aliphatic carbocycles. The third-order valence-electron chi connectivity index (χ3n) is 4.76. The van der Waals surface area contributed by atoms with Gasteiger partial charge in [-0.2, -0.15) is 0 Å². The highest BCUT2D eigenvalue weighted by Crippen LogP contribution is 2.20. The van der Waals surface area contributed by atoms with Crippen LogP contribution in [0.3, 0.4) is 0 Å². The summed E-state index contributed by atoms with van der Waals surface area (Å²) in [6, 6.07) is 5.67. The van der Waals surface area contributed by atoms with Gasteiger partial charge >= 0.3 is 0 Å². The molecule has 134 valence electrons. The number of carbonyl (C=O) groups is 1. The minimum atomic E-state index is 0.0939. The number of aromatic nitrogens is 2. The number of aryl methyl sites for hydroxylation is 2. The predicted molar refractivity (Wildman–Crippen MR) is 96.9 cm³/mol. The van der Waals surface area contributed by atoms with Crippen molar-refractivity contribution in [3.8, 4) is 5.75 Å². The van der Waals surface area contributed by atoms with Crippen molar-refractivity contribution in [2.45, 2.75) is 19.9 Å². The topological polar surface area (TPSA) is 50.6 Å². The van der Waals surface area contributed by atoms with Crippen LogP contribution in [0.15, 0.2) is 36.9 Å². The van der Waals surface area contributed by atoms with Crippen LogP contribution in [0.2, 0.25) is 0 Å². The van der Waals surface area contributed by atoms with E-state index in [4.69, 9.17) is 4.74 Å². The SMILES string of the molecule is COc1cc(C(=O)N2CCN(CCCn3ccnc3)CC2)ccc1C. The first-order valence-electron chi connectivity index (χ1n) is 8.79. The molecule has 0 atom stereocenters. The monoisotopic (exact) mass is 342 g/mol. The van der Waals surface area contributed by atoms with Gasteiger partial charge in [0.1, 0.15) is 5.75 Å². The number of nitrogens with zero attached hydrogens (tertiary/aromatic N) is 4. The molecule has 6 nitrogen and oxygen atoms in total. The van der Waals surface area contributed by atoms with Crippen LogP contribution in [0.5, 0.6) is 5.75 Å². The zero-order valence-corrected chi connectivity index (χ0v) is 15.0. The molecule has 2 aromatic rings. The van der Waals surface area contributed by atoms with Gasteiger partial charge in [0, 0.05) is 50.7 Å². The minimum absolute atomic E-state index is 0.0939. The molecule has 0 spiro atoms. The Kier molecular flexibility index (Phi) is 5.71. The quantitative estimate of drug-likeness (QED) is 0.806. The van der Waals surface area contributed by atoms with E-state index >= 15 is 0 Å². The van der Waals surface area contributed by atoms with Gasteiger partial charge < -0.3 is 14.2 Å². The average Bonchev–Trinajstić information content (AvgIpc) is 3.15. The molecule has 25 heavy (non-hydrogen) atoms. The number of imidazole rings is 1. The normalized spacial score (nSPS) is 15.4. The standard InChI is InChI=1S/C19H26N4O2/c1-16-4-5-17(14-18(16)25-2)19(24)23-12-10-21(11-13-23)7-3-8-22-9-6-20-15-22/h4-6,9,14-15H,3,7-8,10-13H2,1-2H3. The molecule has 1 fully saturated rings. The second-order valence-corrected chi connectivity index (χ2v) is 6.47. The van der Waals surface area contributed by atoms with E-state index in [0.29, 0.717) is 5.56 Å². The Balaban J connectivity index is 1.47. The van der Waals surface area contributed by atoms with E-state index in [1.165, 1.54) is 0 Å². The molecule has 0 N–H and O–H groups in total. The third kappa shape index (κ3) is 4.39. The fourth-order valence-corrected chi connectivity index (χ4v) is 3.21. The zero-order valence-electron chi connectivity index (χ0n) is 15.0. The maximum atomic E-state index is 12.7. The van der Waals surface area contributed by atoms with Crippen molar-refractivity contribution in [1.82, 2.24) is 19.4 Å². The van der Waals surface area contributed by atoms with Crippen molar-refractivity contribution in [3.05, 3.63) is 48.0 Å². The Morgan fingerprint density at radius 3 is 2.68 bits per heavy atom. The smallest absolute Gasteiger partial charge is 0.254 e. The van der Waals surface area contributed by atoms with Crippen molar-refractivity contribution >= 4 is 5.91 Å². The molecule has 1 aliphatic rings. The van der Waals surface area contributed by atoms with E-state index < -0.39 is 0 Å². The van der Waals surface area contributed by atoms with Gasteiger partial charge in [0.05, 0.1) is 13.4 Å². The van der Waals surface area contributed by atoms with E-state index in [0.717, 1.165) is 57.0 Å². The fourth-order valence-electron chi connectivity index (χ4n) is 3.21. The van der Waals surface area contributed by atoms with Crippen LogP contribution in [0.1, 0.15) is 22.3 Å². The van der Waals surface area contributed by atoms with Crippen LogP contribution in [-0.2, 0) is 6.54 Å². The van der Waals surface area contributed by atoms with Gasteiger partial charge in [-0.1, -0.05) is 6.07 Å². The number of benzene rings is 1. The lowest BCUT2D eigenvalue weighted by molar-refractivity contribution is 0.0634. The first kappa shape index (κ1) is 17.5. The maximum Gasteiger partial charge on any atom is 0.254 e. The lowest BCUT2D eigenvalue weighted by atomic mass is 10.1. The molecular formula is C19H26N4O2. The minimum Gasteiger partial charge on any atom is -0.496 e. The predicted octanol–water partition coefficient (Wildman–Crippen LogP) is 2.05. The maximum absolute atomic E-state index is 12.7. The molecule has 3 rings (SSSR count). The van der Waals surface area contributed by atoms with Gasteiger partial charge in [-0.3, -0.25) is 9.69 Å². The first-order chi connectivity index (χ1) is 12.2. The largest absolute Gasteiger partial charge is 0.496 e. The molecule has 2 heterocycles. The third-order valence-corrected chi connectivity index (χ3v) is 4.76. The Morgan fingerprint density at radius 1 is 1.20 bits per heavy atom. The number of piperazine rings is 1. The van der Waals surface area contributed by atoms with Gasteiger partial charge in [-0.05, 0) is 37.6 Å². The van der Waals surface area contributed by atoms with Gasteiger partial charge in [0.25, 0.3) is 5.91 Å². The Morgan fingerprint density at radius 2 is 2.00 bits per heavy atom. The first-order valence-corrected chi connectivity index (χ1v) is 8.79. The Hall–Kier alpha value is -2.34. The second-order valence-electron chi connectivity index (χ2n) is 6.47. The molecule has 1 aromatic carbocycles. The Bertz CT molecular complexity index is 691. The van der Waals surface area contributed by atoms with Crippen molar-refractivity contribution in [2.75, 3.05) is 39.8 Å². The van der Waals surface area contributed by atoms with Gasteiger partial charge in [0.15, 0.2) is 0 Å². The number of methoxy groups -OCH3 is 1. The van der Waals surface area contributed by atoms with Crippen LogP contribution in [0, 0.1) is 6.92 Å². The molecular weight excluding hydrogens is 316 g/mol. The van der Waals surface area contributed by atoms with Crippen LogP contribution in [-0.4, -0.2) is 65.1 Å². The number of carbonyl (C=O) groups excluding carboxylic acids is 1. The number of hydrogen-bond donors (Lipinski definition) is 0. The molecule has 0 unspecified atom stereocenters. The van der Waals surface area contributed by atoms with Crippen LogP contribution < -0.4 is 4.74 Å². The lowest BCUT2D eigenvalue weighted by Crippen LogP contribution is -2.48. The summed E-state index contributed by atoms with van der Waals surface area (Å²) in [7, 11) is 1.64. The highest BCUT2D eigenvalue weighted by atomic mass is 16.5. The molecule has 0 radical (unpaired) electrons. The second kappa shape index (κ2) is 8.16. The average molecular weight is 342 g/mol. The van der Waals surface area contributed by atoms with Crippen LogP contribution in [0.4, 0.5) is 0 Å². The lowest BCUT2D eigenvalue weighted by Gasteiger charge is -2.34. The van der Waals surface area contributed by atoms with Crippen LogP contribution in [0.25, 0.3) is 0 Å². The number of ether oxygens (including phenoxy) is 1. The zero-order chi connectivity index (χ0) is 17.6. The van der Waals surface area contributed by atoms with Gasteiger partial charge in [0.2, 0.25) is 0 Å². The molecule has 0 bridgehead atoms. The summed E-state index contributed by atoms with van der Waals surface area (Å²) in [5.41, 5.74) is 1.75. The van der Waals surface area contributed by atoms with Crippen molar-refractivity contribution < 1.29 is 9.53 Å². The number of amides is 1. The van der Waals surface area contributed by atoms with E-state index in [1.807, 2.05) is 48.7 Å². The van der Waals surface area contributed by atoms with Crippen LogP contribution >= 0.6 is 0 Å². The molecule has 1 saturated heterocycles. The van der Waals surface area contributed by atoms with Crippen molar-refractivity contribution in [3.63, 3.8) is 0 Å². The number of hydrogen-bond acceptors (Lipinski definition) is 4. The summed E-state index contributed by atoms with van der Waals surface area (Å²) in [5.74, 6) is 0.861. The highest BCUT2D eigenvalue weighted by Gasteiger charge is 2.22. The van der Waals surface area contributed by atoms with E-state index in [1.54, 1.807) is 7.11 Å². The molecule has 1 amide bonds. The summed E-state index contributed by atoms with van der Waals surface area (Å²) in [5, 5.41) is 0. The van der Waals surface area contributed by atoms with Gasteiger partial charge in [-0.15, -0.1) is 0 Å². The summed E-state index contributed by atoms with van der Waals surface area (Å²) < 4.78 is 7.43. The summed E-state index contributed by atoms with van der Waals surface area (Å²) in [6.07, 6.45) is 6.75. The molecule has 6 heteroatoms. The summed E-state index contributed by atoms with van der Waals surface area (Å²) in [6.45, 7) is 7.44. The molecule has 1 aliphatic heterocycles. The Labute approximate surface area is 149 Å². The number of rotatable bonds is 6. The fraction of sp³-hybridized carbons (Fsp3) is 0.474. The molecule has 0 saturated carbocycles. The van der Waals surface area contributed by atoms with Gasteiger partial charge in [-0.25, -0.2) is 4.98 Å². The summed E-state index contributed by atoms with van der Waals surface area (Å²) >= 11 is 0. The van der Waals surface area contributed by atoms with Crippen molar-refractivity contribution in [2.24, 2.45) is 0 Å². The van der Waals surface area contributed by atoms with E-state index in [9.17, 15) is 4.79 Å². The summed E-state index contributed by atoms with van der Waals surface area (Å²) in [4.78, 5) is 21.1. The van der Waals surface area contributed by atoms with E-state index in [-0.39, 0.29) is 5.91 Å². The highest BCUT2D eigenvalue weighted by molar-refractivity contribution is 5.94. The van der Waals surface area contributed by atoms with Crippen molar-refractivity contribution in [1.29, 1.82) is 0 Å². The van der Waals surface area contributed by atoms with E-state index in [2.05, 4.69) is 14.5 Å². The molecule has 1 aromatic heterocycles.